The molecule has 6 nitrogen and oxygen atoms in total. The second-order valence-corrected chi connectivity index (χ2v) is 5.88. The number of halogens is 1. The van der Waals surface area contributed by atoms with E-state index < -0.39 is 0 Å². The zero-order chi connectivity index (χ0) is 14.4. The first-order valence-corrected chi connectivity index (χ1v) is 7.39. The molecule has 104 valence electrons. The third-order valence-corrected chi connectivity index (χ3v) is 4.08. The zero-order valence-corrected chi connectivity index (χ0v) is 12.5. The highest BCUT2D eigenvalue weighted by molar-refractivity contribution is 7.99. The quantitative estimate of drug-likeness (QED) is 0.438. The molecule has 0 unspecified atom stereocenters. The van der Waals surface area contributed by atoms with Crippen molar-refractivity contribution in [1.82, 2.24) is 29.9 Å². The van der Waals surface area contributed by atoms with Gasteiger partial charge in [0.2, 0.25) is 5.28 Å². The normalized spacial score (nSPS) is 11.5. The SMILES string of the molecule is Cc1ccc2nc(Sc3nc(Cl)nc4nc[nH]c34)[nH]c2c1. The molecule has 4 rings (SSSR count). The first kappa shape index (κ1) is 12.6. The number of hydrogen-bond donors (Lipinski definition) is 2. The van der Waals surface area contributed by atoms with Gasteiger partial charge in [0.1, 0.15) is 10.5 Å². The van der Waals surface area contributed by atoms with Gasteiger partial charge in [0.25, 0.3) is 0 Å². The van der Waals surface area contributed by atoms with Crippen molar-refractivity contribution >= 4 is 45.6 Å². The van der Waals surface area contributed by atoms with Crippen molar-refractivity contribution < 1.29 is 0 Å². The lowest BCUT2D eigenvalue weighted by Gasteiger charge is -1.99. The van der Waals surface area contributed by atoms with Gasteiger partial charge in [-0.1, -0.05) is 6.07 Å². The van der Waals surface area contributed by atoms with Gasteiger partial charge in [-0.2, -0.15) is 4.98 Å². The lowest BCUT2D eigenvalue weighted by Crippen LogP contribution is -1.89. The van der Waals surface area contributed by atoms with Gasteiger partial charge < -0.3 is 9.97 Å². The standard InChI is InChI=1S/C13H9ClN6S/c1-6-2-3-7-8(4-6)18-13(17-7)21-11-9-10(16-5-15-9)19-12(14)20-11/h2-5H,1H3,(H,17,18)(H,15,16,19,20). The predicted molar refractivity (Wildman–Crippen MR) is 81.6 cm³/mol. The second-order valence-electron chi connectivity index (χ2n) is 4.56. The van der Waals surface area contributed by atoms with E-state index in [0.717, 1.165) is 21.7 Å². The highest BCUT2D eigenvalue weighted by atomic mass is 35.5. The number of benzene rings is 1. The van der Waals surface area contributed by atoms with Crippen LogP contribution in [0.25, 0.3) is 22.2 Å². The van der Waals surface area contributed by atoms with Crippen LogP contribution >= 0.6 is 23.4 Å². The number of imidazole rings is 2. The van der Waals surface area contributed by atoms with Crippen LogP contribution in [0.1, 0.15) is 5.56 Å². The van der Waals surface area contributed by atoms with Crippen molar-refractivity contribution in [3.63, 3.8) is 0 Å². The smallest absolute Gasteiger partial charge is 0.225 e. The Balaban J connectivity index is 1.80. The van der Waals surface area contributed by atoms with Crippen LogP contribution in [-0.2, 0) is 0 Å². The van der Waals surface area contributed by atoms with E-state index in [9.17, 15) is 0 Å². The number of aryl methyl sites for hydroxylation is 1. The van der Waals surface area contributed by atoms with Crippen molar-refractivity contribution in [3.8, 4) is 0 Å². The average molecular weight is 317 g/mol. The van der Waals surface area contributed by atoms with E-state index in [-0.39, 0.29) is 5.28 Å². The fourth-order valence-corrected chi connectivity index (χ4v) is 3.18. The Kier molecular flexibility index (Phi) is 2.83. The molecule has 0 amide bonds. The summed E-state index contributed by atoms with van der Waals surface area (Å²) in [5.74, 6) is 0. The van der Waals surface area contributed by atoms with Crippen LogP contribution in [0.4, 0.5) is 0 Å². The molecule has 3 heterocycles. The molecule has 0 saturated heterocycles. The summed E-state index contributed by atoms with van der Waals surface area (Å²) < 4.78 is 0. The number of aromatic nitrogens is 6. The van der Waals surface area contributed by atoms with Gasteiger partial charge in [-0.05, 0) is 48.0 Å². The molecule has 8 heteroatoms. The number of fused-ring (bicyclic) bond motifs is 2. The number of hydrogen-bond acceptors (Lipinski definition) is 5. The van der Waals surface area contributed by atoms with Crippen molar-refractivity contribution in [2.75, 3.05) is 0 Å². The number of nitrogens with zero attached hydrogens (tertiary/aromatic N) is 4. The van der Waals surface area contributed by atoms with Gasteiger partial charge in [0, 0.05) is 0 Å². The molecular weight excluding hydrogens is 308 g/mol. The third-order valence-electron chi connectivity index (χ3n) is 3.03. The van der Waals surface area contributed by atoms with Crippen LogP contribution in [0.15, 0.2) is 34.7 Å². The van der Waals surface area contributed by atoms with Gasteiger partial charge in [0.15, 0.2) is 10.8 Å². The van der Waals surface area contributed by atoms with Crippen molar-refractivity contribution in [1.29, 1.82) is 0 Å². The largest absolute Gasteiger partial charge is 0.341 e. The van der Waals surface area contributed by atoms with Crippen molar-refractivity contribution in [2.24, 2.45) is 0 Å². The molecule has 0 atom stereocenters. The topological polar surface area (TPSA) is 83.1 Å². The Labute approximate surface area is 128 Å². The highest BCUT2D eigenvalue weighted by Gasteiger charge is 2.13. The van der Waals surface area contributed by atoms with Gasteiger partial charge in [-0.15, -0.1) is 0 Å². The third kappa shape index (κ3) is 2.24. The average Bonchev–Trinajstić information content (AvgIpc) is 3.03. The Morgan fingerprint density at radius 1 is 1.19 bits per heavy atom. The maximum Gasteiger partial charge on any atom is 0.225 e. The predicted octanol–water partition coefficient (Wildman–Crippen LogP) is 3.34. The van der Waals surface area contributed by atoms with Crippen LogP contribution in [0.3, 0.4) is 0 Å². The van der Waals surface area contributed by atoms with Crippen molar-refractivity contribution in [3.05, 3.63) is 35.4 Å². The fraction of sp³-hybridized carbons (Fsp3) is 0.0769. The van der Waals surface area contributed by atoms with Gasteiger partial charge in [-0.25, -0.2) is 15.0 Å². The van der Waals surface area contributed by atoms with E-state index >= 15 is 0 Å². The van der Waals surface area contributed by atoms with Crippen molar-refractivity contribution in [2.45, 2.75) is 17.1 Å². The van der Waals surface area contributed by atoms with E-state index in [2.05, 4.69) is 36.0 Å². The Morgan fingerprint density at radius 3 is 3.00 bits per heavy atom. The summed E-state index contributed by atoms with van der Waals surface area (Å²) in [5.41, 5.74) is 4.40. The minimum atomic E-state index is 0.170. The second kappa shape index (κ2) is 4.71. The van der Waals surface area contributed by atoms with Gasteiger partial charge in [0.05, 0.1) is 17.4 Å². The maximum atomic E-state index is 5.93. The molecule has 0 aliphatic rings. The summed E-state index contributed by atoms with van der Waals surface area (Å²) in [6, 6.07) is 6.08. The lowest BCUT2D eigenvalue weighted by molar-refractivity contribution is 1.04. The summed E-state index contributed by atoms with van der Waals surface area (Å²) in [6.45, 7) is 2.05. The number of nitrogens with one attached hydrogen (secondary N) is 2. The summed E-state index contributed by atoms with van der Waals surface area (Å²) >= 11 is 7.32. The van der Waals surface area contributed by atoms with E-state index in [4.69, 9.17) is 11.6 Å². The lowest BCUT2D eigenvalue weighted by atomic mass is 10.2. The Morgan fingerprint density at radius 2 is 2.10 bits per heavy atom. The molecule has 0 bridgehead atoms. The maximum absolute atomic E-state index is 5.93. The number of H-pyrrole nitrogens is 2. The fourth-order valence-electron chi connectivity index (χ4n) is 2.10. The molecule has 0 radical (unpaired) electrons. The van der Waals surface area contributed by atoms with Crippen LogP contribution in [0, 0.1) is 6.92 Å². The molecule has 3 aromatic heterocycles. The summed E-state index contributed by atoms with van der Waals surface area (Å²) in [7, 11) is 0. The van der Waals surface area contributed by atoms with E-state index in [1.54, 1.807) is 6.33 Å². The molecule has 1 aromatic carbocycles. The number of rotatable bonds is 2. The molecule has 2 N–H and O–H groups in total. The van der Waals surface area contributed by atoms with E-state index in [0.29, 0.717) is 10.7 Å². The molecule has 21 heavy (non-hydrogen) atoms. The summed E-state index contributed by atoms with van der Waals surface area (Å²) in [5, 5.41) is 1.61. The highest BCUT2D eigenvalue weighted by Crippen LogP contribution is 2.30. The molecule has 0 saturated carbocycles. The molecule has 0 fully saturated rings. The zero-order valence-electron chi connectivity index (χ0n) is 10.9. The molecule has 0 aliphatic heterocycles. The molecule has 0 aliphatic carbocycles. The Hall–Kier alpha value is -2.12. The Bertz CT molecular complexity index is 960. The van der Waals surface area contributed by atoms with Crippen LogP contribution < -0.4 is 0 Å². The first-order chi connectivity index (χ1) is 10.2. The monoisotopic (exact) mass is 316 g/mol. The van der Waals surface area contributed by atoms with Crippen LogP contribution in [0.2, 0.25) is 5.28 Å². The summed E-state index contributed by atoms with van der Waals surface area (Å²) in [4.78, 5) is 23.2. The first-order valence-electron chi connectivity index (χ1n) is 6.20. The molecule has 0 spiro atoms. The molecular formula is C13H9ClN6S. The van der Waals surface area contributed by atoms with Gasteiger partial charge >= 0.3 is 0 Å². The van der Waals surface area contributed by atoms with Crippen LogP contribution in [0.5, 0.6) is 0 Å². The minimum absolute atomic E-state index is 0.170. The minimum Gasteiger partial charge on any atom is -0.341 e. The molecule has 4 aromatic rings. The van der Waals surface area contributed by atoms with Gasteiger partial charge in [-0.3, -0.25) is 0 Å². The van der Waals surface area contributed by atoms with E-state index in [1.165, 1.54) is 17.3 Å². The summed E-state index contributed by atoms with van der Waals surface area (Å²) in [6.07, 6.45) is 1.57. The van der Waals surface area contributed by atoms with E-state index in [1.807, 2.05) is 19.1 Å². The number of aromatic amines is 2. The van der Waals surface area contributed by atoms with Crippen LogP contribution in [-0.4, -0.2) is 29.9 Å².